The van der Waals surface area contributed by atoms with Crippen LogP contribution in [-0.4, -0.2) is 54.5 Å². The number of ether oxygens (including phenoxy) is 2. The quantitative estimate of drug-likeness (QED) is 0.342. The lowest BCUT2D eigenvalue weighted by molar-refractivity contribution is -0.124. The minimum atomic E-state index is -0.715. The molecule has 0 heterocycles. The molecule has 31 heavy (non-hydrogen) atoms. The maximum absolute atomic E-state index is 12.7. The molecule has 0 saturated heterocycles. The summed E-state index contributed by atoms with van der Waals surface area (Å²) >= 11 is 0. The number of nitrogens with two attached hydrogens (primary N) is 1. The molecule has 0 aromatic carbocycles. The highest BCUT2D eigenvalue weighted by atomic mass is 16.6. The molecule has 0 aliphatic heterocycles. The molecule has 0 spiro atoms. The van der Waals surface area contributed by atoms with E-state index in [1.165, 1.54) is 0 Å². The van der Waals surface area contributed by atoms with Crippen LogP contribution in [-0.2, 0) is 14.3 Å². The van der Waals surface area contributed by atoms with E-state index in [2.05, 4.69) is 16.0 Å². The summed E-state index contributed by atoms with van der Waals surface area (Å²) in [6.45, 7) is 13.7. The molecule has 9 nitrogen and oxygen atoms in total. The minimum absolute atomic E-state index is 0.0178. The van der Waals surface area contributed by atoms with Crippen LogP contribution in [0.1, 0.15) is 87.0 Å². The zero-order chi connectivity index (χ0) is 24.1. The number of amides is 3. The molecule has 9 heteroatoms. The lowest BCUT2D eigenvalue weighted by Gasteiger charge is -2.24. The van der Waals surface area contributed by atoms with Crippen molar-refractivity contribution in [2.75, 3.05) is 13.1 Å². The van der Waals surface area contributed by atoms with Gasteiger partial charge in [-0.2, -0.15) is 0 Å². The van der Waals surface area contributed by atoms with Crippen molar-refractivity contribution in [2.45, 2.75) is 110 Å². The van der Waals surface area contributed by atoms with Crippen LogP contribution in [0.5, 0.6) is 0 Å². The highest BCUT2D eigenvalue weighted by Crippen LogP contribution is 2.10. The molecule has 182 valence electrons. The first-order valence-corrected chi connectivity index (χ1v) is 11.2. The van der Waals surface area contributed by atoms with Crippen molar-refractivity contribution in [3.8, 4) is 0 Å². The summed E-state index contributed by atoms with van der Waals surface area (Å²) in [4.78, 5) is 36.6. The van der Waals surface area contributed by atoms with Crippen LogP contribution in [0.2, 0.25) is 0 Å². The number of hydrogen-bond acceptors (Lipinski definition) is 6. The molecule has 0 aliphatic carbocycles. The molecule has 2 unspecified atom stereocenters. The predicted octanol–water partition coefficient (Wildman–Crippen LogP) is 3.21. The van der Waals surface area contributed by atoms with E-state index in [9.17, 15) is 14.4 Å². The fraction of sp³-hybridized carbons (Fsp3) is 0.864. The molecule has 3 amide bonds. The maximum atomic E-state index is 12.7. The molecule has 5 N–H and O–H groups in total. The largest absolute Gasteiger partial charge is 0.444 e. The van der Waals surface area contributed by atoms with Crippen molar-refractivity contribution in [3.63, 3.8) is 0 Å². The lowest BCUT2D eigenvalue weighted by Crippen LogP contribution is -2.50. The highest BCUT2D eigenvalue weighted by Gasteiger charge is 2.25. The molecule has 2 atom stereocenters. The average molecular weight is 445 g/mol. The van der Waals surface area contributed by atoms with Crippen LogP contribution in [0.25, 0.3) is 0 Å². The summed E-state index contributed by atoms with van der Waals surface area (Å²) in [5, 5.41) is 8.31. The van der Waals surface area contributed by atoms with E-state index in [4.69, 9.17) is 15.2 Å². The van der Waals surface area contributed by atoms with Crippen molar-refractivity contribution in [2.24, 2.45) is 5.73 Å². The Labute approximate surface area is 187 Å². The molecule has 0 aromatic heterocycles. The first-order valence-electron chi connectivity index (χ1n) is 11.2. The Morgan fingerprint density at radius 3 is 1.90 bits per heavy atom. The predicted molar refractivity (Wildman–Crippen MR) is 122 cm³/mol. The van der Waals surface area contributed by atoms with E-state index in [0.717, 1.165) is 19.3 Å². The Morgan fingerprint density at radius 2 is 1.35 bits per heavy atom. The van der Waals surface area contributed by atoms with Crippen LogP contribution < -0.4 is 21.7 Å². The molecule has 0 rings (SSSR count). The maximum Gasteiger partial charge on any atom is 0.408 e. The van der Waals surface area contributed by atoms with Crippen LogP contribution >= 0.6 is 0 Å². The summed E-state index contributed by atoms with van der Waals surface area (Å²) in [7, 11) is 0. The third kappa shape index (κ3) is 17.4. The lowest BCUT2D eigenvalue weighted by atomic mass is 10.1. The van der Waals surface area contributed by atoms with Gasteiger partial charge in [-0.05, 0) is 87.1 Å². The van der Waals surface area contributed by atoms with Gasteiger partial charge in [0.05, 0.1) is 0 Å². The van der Waals surface area contributed by atoms with E-state index in [-0.39, 0.29) is 11.9 Å². The van der Waals surface area contributed by atoms with Gasteiger partial charge < -0.3 is 31.2 Å². The van der Waals surface area contributed by atoms with Crippen LogP contribution in [0, 0.1) is 0 Å². The second-order valence-corrected chi connectivity index (χ2v) is 9.82. The Morgan fingerprint density at radius 1 is 0.806 bits per heavy atom. The van der Waals surface area contributed by atoms with E-state index in [0.29, 0.717) is 32.4 Å². The van der Waals surface area contributed by atoms with Gasteiger partial charge in [-0.1, -0.05) is 6.42 Å². The molecule has 0 radical (unpaired) electrons. The number of carbonyl (C=O) groups excluding carboxylic acids is 3. The normalized spacial score (nSPS) is 13.7. The van der Waals surface area contributed by atoms with Gasteiger partial charge in [-0.15, -0.1) is 0 Å². The standard InChI is InChI=1S/C22H44N4O5/c1-16(12-8-10-14-23)25-18(27)17(26-20(29)31-22(5,6)7)13-9-11-15-24-19(28)30-21(2,3)4/h16-17H,8-15,23H2,1-7H3,(H,24,28)(H,25,27)(H,26,29). The summed E-state index contributed by atoms with van der Waals surface area (Å²) in [5.74, 6) is -0.244. The monoisotopic (exact) mass is 444 g/mol. The second kappa shape index (κ2) is 14.1. The van der Waals surface area contributed by atoms with Crippen molar-refractivity contribution in [1.82, 2.24) is 16.0 Å². The van der Waals surface area contributed by atoms with Crippen LogP contribution in [0.3, 0.4) is 0 Å². The Kier molecular flexibility index (Phi) is 13.2. The SMILES string of the molecule is CC(CCCCN)NC(=O)C(CCCCNC(=O)OC(C)(C)C)NC(=O)OC(C)(C)C. The number of hydrogen-bond donors (Lipinski definition) is 4. The fourth-order valence-corrected chi connectivity index (χ4v) is 2.71. The topological polar surface area (TPSA) is 132 Å². The van der Waals surface area contributed by atoms with E-state index in [1.54, 1.807) is 41.5 Å². The number of unbranched alkanes of at least 4 members (excludes halogenated alkanes) is 2. The summed E-state index contributed by atoms with van der Waals surface area (Å²) < 4.78 is 10.5. The molecular formula is C22H44N4O5. The van der Waals surface area contributed by atoms with Crippen molar-refractivity contribution in [3.05, 3.63) is 0 Å². The van der Waals surface area contributed by atoms with E-state index < -0.39 is 29.4 Å². The van der Waals surface area contributed by atoms with Gasteiger partial charge in [0.2, 0.25) is 5.91 Å². The number of rotatable bonds is 12. The van der Waals surface area contributed by atoms with E-state index >= 15 is 0 Å². The highest BCUT2D eigenvalue weighted by molar-refractivity contribution is 5.85. The average Bonchev–Trinajstić information content (AvgIpc) is 2.57. The summed E-state index contributed by atoms with van der Waals surface area (Å²) in [6.07, 6.45) is 3.26. The number of nitrogens with one attached hydrogen (secondary N) is 3. The Bertz CT molecular complexity index is 555. The summed E-state index contributed by atoms with van der Waals surface area (Å²) in [5.41, 5.74) is 4.31. The Hall–Kier alpha value is -2.03. The minimum Gasteiger partial charge on any atom is -0.444 e. The van der Waals surface area contributed by atoms with Gasteiger partial charge in [-0.3, -0.25) is 4.79 Å². The van der Waals surface area contributed by atoms with Gasteiger partial charge >= 0.3 is 12.2 Å². The number of alkyl carbamates (subject to hydrolysis) is 2. The molecule has 0 aromatic rings. The second-order valence-electron chi connectivity index (χ2n) is 9.82. The van der Waals surface area contributed by atoms with Crippen molar-refractivity contribution in [1.29, 1.82) is 0 Å². The molecule has 0 fully saturated rings. The van der Waals surface area contributed by atoms with Gasteiger partial charge in [0.15, 0.2) is 0 Å². The molecule has 0 bridgehead atoms. The zero-order valence-corrected chi connectivity index (χ0v) is 20.4. The zero-order valence-electron chi connectivity index (χ0n) is 20.4. The van der Waals surface area contributed by atoms with E-state index in [1.807, 2.05) is 6.92 Å². The molecule has 0 saturated carbocycles. The number of carbonyl (C=O) groups is 3. The van der Waals surface area contributed by atoms with Gasteiger partial charge in [0.1, 0.15) is 17.2 Å². The van der Waals surface area contributed by atoms with Gasteiger partial charge in [0.25, 0.3) is 0 Å². The van der Waals surface area contributed by atoms with Crippen molar-refractivity contribution >= 4 is 18.1 Å². The first-order chi connectivity index (χ1) is 14.2. The van der Waals surface area contributed by atoms with Gasteiger partial charge in [-0.25, -0.2) is 9.59 Å². The van der Waals surface area contributed by atoms with Crippen molar-refractivity contribution < 1.29 is 23.9 Å². The fourth-order valence-electron chi connectivity index (χ4n) is 2.71. The molecular weight excluding hydrogens is 400 g/mol. The van der Waals surface area contributed by atoms with Gasteiger partial charge in [0, 0.05) is 12.6 Å². The third-order valence-corrected chi connectivity index (χ3v) is 4.08. The first kappa shape index (κ1) is 29.0. The van der Waals surface area contributed by atoms with Crippen LogP contribution in [0.15, 0.2) is 0 Å². The third-order valence-electron chi connectivity index (χ3n) is 4.08. The smallest absolute Gasteiger partial charge is 0.408 e. The Balaban J connectivity index is 4.64. The van der Waals surface area contributed by atoms with Crippen LogP contribution in [0.4, 0.5) is 9.59 Å². The molecule has 0 aliphatic rings. The summed E-state index contributed by atoms with van der Waals surface area (Å²) in [6, 6.07) is -0.732.